The van der Waals surface area contributed by atoms with Crippen molar-refractivity contribution in [3.63, 3.8) is 0 Å². The number of amides is 1. The van der Waals surface area contributed by atoms with Gasteiger partial charge in [-0.15, -0.1) is 0 Å². The molecule has 20 heavy (non-hydrogen) atoms. The van der Waals surface area contributed by atoms with Crippen molar-refractivity contribution < 1.29 is 14.3 Å². The fraction of sp³-hybridized carbons (Fsp3) is 0.312. The van der Waals surface area contributed by atoms with Crippen LogP contribution >= 0.6 is 0 Å². The third kappa shape index (κ3) is 2.12. The molecule has 2 saturated heterocycles. The molecule has 0 bridgehead atoms. The molecular weight excluding hydrogens is 254 g/mol. The third-order valence-corrected chi connectivity index (χ3v) is 3.92. The first-order valence-corrected chi connectivity index (χ1v) is 6.84. The van der Waals surface area contributed by atoms with Crippen molar-refractivity contribution in [1.29, 1.82) is 0 Å². The lowest BCUT2D eigenvalue weighted by atomic mass is 10.1. The van der Waals surface area contributed by atoms with E-state index in [0.29, 0.717) is 19.7 Å². The number of fused-ring (bicyclic) bond motifs is 2. The Kier molecular flexibility index (Phi) is 2.63. The van der Waals surface area contributed by atoms with E-state index < -0.39 is 0 Å². The lowest BCUT2D eigenvalue weighted by Crippen LogP contribution is -2.32. The van der Waals surface area contributed by atoms with E-state index in [1.807, 2.05) is 18.2 Å². The Morgan fingerprint density at radius 3 is 2.70 bits per heavy atom. The van der Waals surface area contributed by atoms with Gasteiger partial charge in [-0.1, -0.05) is 36.4 Å². The van der Waals surface area contributed by atoms with Crippen LogP contribution in [0.5, 0.6) is 0 Å². The normalized spacial score (nSPS) is 23.7. The average molecular weight is 269 g/mol. The molecule has 2 aliphatic heterocycles. The summed E-state index contributed by atoms with van der Waals surface area (Å²) in [4.78, 5) is 13.6. The number of ether oxygens (including phenoxy) is 2. The Morgan fingerprint density at radius 2 is 1.90 bits per heavy atom. The molecule has 4 heteroatoms. The number of benzene rings is 2. The zero-order valence-corrected chi connectivity index (χ0v) is 11.0. The van der Waals surface area contributed by atoms with E-state index in [1.54, 1.807) is 4.90 Å². The van der Waals surface area contributed by atoms with Gasteiger partial charge >= 0.3 is 6.09 Å². The van der Waals surface area contributed by atoms with Gasteiger partial charge in [-0.05, 0) is 22.4 Å². The van der Waals surface area contributed by atoms with Crippen LogP contribution < -0.4 is 0 Å². The van der Waals surface area contributed by atoms with Crippen LogP contribution in [0.25, 0.3) is 10.8 Å². The number of nitrogens with zero attached hydrogens (tertiary/aromatic N) is 1. The Balaban J connectivity index is 1.41. The molecule has 0 saturated carbocycles. The summed E-state index contributed by atoms with van der Waals surface area (Å²) in [7, 11) is 0. The first-order chi connectivity index (χ1) is 9.79. The highest BCUT2D eigenvalue weighted by molar-refractivity contribution is 5.83. The van der Waals surface area contributed by atoms with Crippen LogP contribution in [-0.2, 0) is 16.1 Å². The van der Waals surface area contributed by atoms with E-state index in [2.05, 4.69) is 24.3 Å². The van der Waals surface area contributed by atoms with Gasteiger partial charge in [0.2, 0.25) is 0 Å². The monoisotopic (exact) mass is 269 g/mol. The van der Waals surface area contributed by atoms with Gasteiger partial charge in [-0.2, -0.15) is 0 Å². The van der Waals surface area contributed by atoms with E-state index in [-0.39, 0.29) is 18.3 Å². The molecule has 0 spiro atoms. The first kappa shape index (κ1) is 11.7. The summed E-state index contributed by atoms with van der Waals surface area (Å²) >= 11 is 0. The summed E-state index contributed by atoms with van der Waals surface area (Å²) in [5.41, 5.74) is 1.01. The van der Waals surface area contributed by atoms with E-state index >= 15 is 0 Å². The fourth-order valence-electron chi connectivity index (χ4n) is 2.72. The van der Waals surface area contributed by atoms with Crippen LogP contribution in [0.3, 0.4) is 0 Å². The maximum atomic E-state index is 11.9. The van der Waals surface area contributed by atoms with Crippen molar-refractivity contribution in [1.82, 2.24) is 4.90 Å². The Morgan fingerprint density at radius 1 is 1.15 bits per heavy atom. The average Bonchev–Trinajstić information content (AvgIpc) is 3.10. The number of epoxide rings is 1. The van der Waals surface area contributed by atoms with E-state index in [9.17, 15) is 4.79 Å². The SMILES string of the molecule is O=C(OCc1ccc2ccccc2c1)N1CC2OC2C1. The Hall–Kier alpha value is -2.07. The molecule has 4 rings (SSSR count). The molecule has 2 unspecified atom stereocenters. The van der Waals surface area contributed by atoms with Gasteiger partial charge in [0.05, 0.1) is 13.1 Å². The molecule has 2 heterocycles. The lowest BCUT2D eigenvalue weighted by Gasteiger charge is -2.17. The molecular formula is C16H15NO3. The van der Waals surface area contributed by atoms with Crippen molar-refractivity contribution in [2.75, 3.05) is 13.1 Å². The molecule has 2 aromatic carbocycles. The molecule has 0 N–H and O–H groups in total. The number of hydrogen-bond donors (Lipinski definition) is 0. The molecule has 0 radical (unpaired) electrons. The Labute approximate surface area is 116 Å². The van der Waals surface area contributed by atoms with Gasteiger partial charge in [-0.3, -0.25) is 0 Å². The predicted molar refractivity (Wildman–Crippen MR) is 74.4 cm³/mol. The molecule has 1 amide bonds. The quantitative estimate of drug-likeness (QED) is 0.787. The minimum atomic E-state index is -0.242. The van der Waals surface area contributed by atoms with E-state index in [0.717, 1.165) is 10.9 Å². The van der Waals surface area contributed by atoms with Crippen LogP contribution in [0, 0.1) is 0 Å². The van der Waals surface area contributed by atoms with Crippen molar-refractivity contribution >= 4 is 16.9 Å². The van der Waals surface area contributed by atoms with Crippen LogP contribution in [0.1, 0.15) is 5.56 Å². The van der Waals surface area contributed by atoms with E-state index in [4.69, 9.17) is 9.47 Å². The van der Waals surface area contributed by atoms with Crippen LogP contribution in [-0.4, -0.2) is 36.3 Å². The van der Waals surface area contributed by atoms with Crippen molar-refractivity contribution in [3.8, 4) is 0 Å². The maximum Gasteiger partial charge on any atom is 0.410 e. The van der Waals surface area contributed by atoms with Crippen molar-refractivity contribution in [3.05, 3.63) is 48.0 Å². The van der Waals surface area contributed by atoms with Gasteiger partial charge in [-0.25, -0.2) is 4.79 Å². The highest BCUT2D eigenvalue weighted by Crippen LogP contribution is 2.30. The molecule has 102 valence electrons. The molecule has 4 nitrogen and oxygen atoms in total. The summed E-state index contributed by atoms with van der Waals surface area (Å²) in [5, 5.41) is 2.36. The third-order valence-electron chi connectivity index (χ3n) is 3.92. The number of likely N-dealkylation sites (tertiary alicyclic amines) is 1. The van der Waals surface area contributed by atoms with Crippen molar-refractivity contribution in [2.24, 2.45) is 0 Å². The highest BCUT2D eigenvalue weighted by atomic mass is 16.6. The highest BCUT2D eigenvalue weighted by Gasteiger charge is 2.49. The molecule has 2 aromatic rings. The maximum absolute atomic E-state index is 11.9. The Bertz CT molecular complexity index is 660. The number of rotatable bonds is 2. The van der Waals surface area contributed by atoms with Crippen LogP contribution in [0.15, 0.2) is 42.5 Å². The van der Waals surface area contributed by atoms with Gasteiger partial charge in [0.15, 0.2) is 0 Å². The second kappa shape index (κ2) is 4.49. The standard InChI is InChI=1S/C16H15NO3/c18-16(17-8-14-15(9-17)20-14)19-10-11-5-6-12-3-1-2-4-13(12)7-11/h1-7,14-15H,8-10H2. The second-order valence-electron chi connectivity index (χ2n) is 5.35. The van der Waals surface area contributed by atoms with Gasteiger partial charge in [0, 0.05) is 0 Å². The second-order valence-corrected chi connectivity index (χ2v) is 5.35. The molecule has 2 atom stereocenters. The number of carbonyl (C=O) groups is 1. The predicted octanol–water partition coefficient (Wildman–Crippen LogP) is 2.56. The molecule has 0 aliphatic carbocycles. The largest absolute Gasteiger partial charge is 0.445 e. The van der Waals surface area contributed by atoms with Crippen LogP contribution in [0.2, 0.25) is 0 Å². The van der Waals surface area contributed by atoms with Gasteiger partial charge in [0.25, 0.3) is 0 Å². The number of carbonyl (C=O) groups excluding carboxylic acids is 1. The zero-order chi connectivity index (χ0) is 13.5. The summed E-state index contributed by atoms with van der Waals surface area (Å²) in [6.45, 7) is 1.65. The summed E-state index contributed by atoms with van der Waals surface area (Å²) in [5.74, 6) is 0. The molecule has 0 aromatic heterocycles. The van der Waals surface area contributed by atoms with E-state index in [1.165, 1.54) is 5.39 Å². The number of hydrogen-bond acceptors (Lipinski definition) is 3. The zero-order valence-electron chi connectivity index (χ0n) is 11.0. The summed E-state index contributed by atoms with van der Waals surface area (Å²) in [6, 6.07) is 14.3. The first-order valence-electron chi connectivity index (χ1n) is 6.84. The molecule has 2 fully saturated rings. The van der Waals surface area contributed by atoms with Crippen LogP contribution in [0.4, 0.5) is 4.79 Å². The van der Waals surface area contributed by atoms with Gasteiger partial charge in [0.1, 0.15) is 18.8 Å². The topological polar surface area (TPSA) is 42.1 Å². The molecule has 2 aliphatic rings. The number of morpholine rings is 1. The lowest BCUT2D eigenvalue weighted by molar-refractivity contribution is 0.0903. The summed E-state index contributed by atoms with van der Waals surface area (Å²) < 4.78 is 10.7. The minimum Gasteiger partial charge on any atom is -0.445 e. The summed E-state index contributed by atoms with van der Waals surface area (Å²) in [6.07, 6.45) is 0.264. The minimum absolute atomic E-state index is 0.242. The smallest absolute Gasteiger partial charge is 0.410 e. The van der Waals surface area contributed by atoms with Crippen molar-refractivity contribution in [2.45, 2.75) is 18.8 Å². The van der Waals surface area contributed by atoms with Gasteiger partial charge < -0.3 is 14.4 Å². The fourth-order valence-corrected chi connectivity index (χ4v) is 2.72.